The third-order valence-corrected chi connectivity index (χ3v) is 3.85. The first-order valence-corrected chi connectivity index (χ1v) is 8.16. The molecule has 8 heteroatoms. The zero-order valence-corrected chi connectivity index (χ0v) is 15.6. The van der Waals surface area contributed by atoms with Crippen LogP contribution in [0.1, 0.15) is 36.6 Å². The fourth-order valence-corrected chi connectivity index (χ4v) is 2.57. The number of benzene rings is 2. The quantitative estimate of drug-likeness (QED) is 0.671. The summed E-state index contributed by atoms with van der Waals surface area (Å²) >= 11 is 0. The lowest BCUT2D eigenvalue weighted by Gasteiger charge is -2.20. The smallest absolute Gasteiger partial charge is 0.222 e. The summed E-state index contributed by atoms with van der Waals surface area (Å²) in [5.74, 6) is -2.38. The third kappa shape index (κ3) is 6.96. The van der Waals surface area contributed by atoms with E-state index >= 15 is 0 Å². The van der Waals surface area contributed by atoms with Gasteiger partial charge in [0.1, 0.15) is 11.6 Å². The average Bonchev–Trinajstić information content (AvgIpc) is 2.59. The normalized spacial score (nSPS) is 12.4. The fraction of sp³-hybridized carbons (Fsp3) is 0.263. The van der Waals surface area contributed by atoms with Gasteiger partial charge in [-0.15, -0.1) is 12.4 Å². The molecule has 4 N–H and O–H groups in total. The van der Waals surface area contributed by atoms with E-state index in [4.69, 9.17) is 5.73 Å². The third-order valence-electron chi connectivity index (χ3n) is 3.85. The van der Waals surface area contributed by atoms with E-state index in [2.05, 4.69) is 10.6 Å². The molecular weight excluding hydrogens is 376 g/mol. The predicted octanol–water partition coefficient (Wildman–Crippen LogP) is 2.77. The van der Waals surface area contributed by atoms with Crippen LogP contribution in [0.2, 0.25) is 0 Å². The minimum Gasteiger partial charge on any atom is -0.354 e. The van der Waals surface area contributed by atoms with Crippen LogP contribution in [0.5, 0.6) is 0 Å². The summed E-state index contributed by atoms with van der Waals surface area (Å²) in [7, 11) is 0. The van der Waals surface area contributed by atoms with Crippen LogP contribution in [0.3, 0.4) is 0 Å². The van der Waals surface area contributed by atoms with Gasteiger partial charge in [0.05, 0.1) is 12.5 Å². The van der Waals surface area contributed by atoms with Crippen LogP contribution < -0.4 is 16.4 Å². The van der Waals surface area contributed by atoms with E-state index in [0.29, 0.717) is 6.07 Å². The Kier molecular flexibility index (Phi) is 8.84. The molecule has 5 nitrogen and oxygen atoms in total. The molecule has 0 saturated carbocycles. The molecule has 0 spiro atoms. The van der Waals surface area contributed by atoms with E-state index in [1.54, 1.807) is 0 Å². The highest BCUT2D eigenvalue weighted by Crippen LogP contribution is 2.21. The molecule has 0 bridgehead atoms. The molecule has 0 aliphatic heterocycles. The van der Waals surface area contributed by atoms with Crippen molar-refractivity contribution in [3.8, 4) is 0 Å². The molecule has 2 atom stereocenters. The molecule has 0 heterocycles. The molecular formula is C19H22ClF2N3O2. The van der Waals surface area contributed by atoms with E-state index in [1.165, 1.54) is 13.0 Å². The van der Waals surface area contributed by atoms with Crippen molar-refractivity contribution in [2.24, 2.45) is 5.73 Å². The van der Waals surface area contributed by atoms with Gasteiger partial charge < -0.3 is 16.4 Å². The summed E-state index contributed by atoms with van der Waals surface area (Å²) < 4.78 is 27.1. The van der Waals surface area contributed by atoms with Gasteiger partial charge in [0, 0.05) is 31.1 Å². The molecule has 0 fully saturated rings. The number of rotatable bonds is 7. The van der Waals surface area contributed by atoms with Crippen molar-refractivity contribution in [1.82, 2.24) is 10.6 Å². The summed E-state index contributed by atoms with van der Waals surface area (Å²) in [5, 5.41) is 5.19. The Hall–Kier alpha value is -2.51. The van der Waals surface area contributed by atoms with Gasteiger partial charge >= 0.3 is 0 Å². The molecule has 0 aliphatic carbocycles. The zero-order chi connectivity index (χ0) is 19.1. The number of nitrogens with two attached hydrogens (primary N) is 1. The van der Waals surface area contributed by atoms with Crippen LogP contribution in [0.15, 0.2) is 48.5 Å². The number of carbonyl (C=O) groups is 2. The maximum absolute atomic E-state index is 14.0. The molecule has 2 unspecified atom stereocenters. The van der Waals surface area contributed by atoms with Gasteiger partial charge in [-0.05, 0) is 11.6 Å². The SMILES string of the molecule is CC(=O)NC(CC(=O)NCC(N)c1ccccc1)c1ccc(F)cc1F.Cl. The first kappa shape index (κ1) is 22.5. The number of nitrogens with one attached hydrogen (secondary N) is 2. The van der Waals surface area contributed by atoms with Crippen molar-refractivity contribution in [3.63, 3.8) is 0 Å². The van der Waals surface area contributed by atoms with E-state index < -0.39 is 29.5 Å². The van der Waals surface area contributed by atoms with Gasteiger partial charge in [-0.2, -0.15) is 0 Å². The Morgan fingerprint density at radius 3 is 2.37 bits per heavy atom. The van der Waals surface area contributed by atoms with Gasteiger partial charge in [0.25, 0.3) is 0 Å². The first-order chi connectivity index (χ1) is 12.4. The van der Waals surface area contributed by atoms with Crippen molar-refractivity contribution in [2.75, 3.05) is 6.54 Å². The van der Waals surface area contributed by atoms with Crippen molar-refractivity contribution in [2.45, 2.75) is 25.4 Å². The van der Waals surface area contributed by atoms with Crippen LogP contribution in [-0.2, 0) is 9.59 Å². The molecule has 0 aliphatic rings. The van der Waals surface area contributed by atoms with Crippen LogP contribution in [0.25, 0.3) is 0 Å². The van der Waals surface area contributed by atoms with E-state index in [1.807, 2.05) is 30.3 Å². The molecule has 2 aromatic rings. The fourth-order valence-electron chi connectivity index (χ4n) is 2.57. The maximum atomic E-state index is 14.0. The minimum atomic E-state index is -0.902. The zero-order valence-electron chi connectivity index (χ0n) is 14.7. The van der Waals surface area contributed by atoms with Crippen molar-refractivity contribution < 1.29 is 18.4 Å². The Morgan fingerprint density at radius 2 is 1.78 bits per heavy atom. The number of carbonyl (C=O) groups excluding carboxylic acids is 2. The van der Waals surface area contributed by atoms with Gasteiger partial charge in [-0.25, -0.2) is 8.78 Å². The summed E-state index contributed by atoms with van der Waals surface area (Å²) in [5.41, 5.74) is 6.94. The highest BCUT2D eigenvalue weighted by atomic mass is 35.5. The first-order valence-electron chi connectivity index (χ1n) is 8.16. The Labute approximate surface area is 162 Å². The lowest BCUT2D eigenvalue weighted by Crippen LogP contribution is -2.36. The molecule has 2 rings (SSSR count). The van der Waals surface area contributed by atoms with Gasteiger partial charge in [0.15, 0.2) is 0 Å². The molecule has 2 aromatic carbocycles. The molecule has 0 aromatic heterocycles. The molecule has 0 radical (unpaired) electrons. The summed E-state index contributed by atoms with van der Waals surface area (Å²) in [6.07, 6.45) is -0.191. The number of halogens is 3. The maximum Gasteiger partial charge on any atom is 0.222 e. The highest BCUT2D eigenvalue weighted by molar-refractivity contribution is 5.85. The lowest BCUT2D eigenvalue weighted by atomic mass is 10.0. The second-order valence-electron chi connectivity index (χ2n) is 5.94. The number of hydrogen-bond acceptors (Lipinski definition) is 3. The summed E-state index contributed by atoms with van der Waals surface area (Å²) in [6.45, 7) is 1.46. The Morgan fingerprint density at radius 1 is 1.11 bits per heavy atom. The highest BCUT2D eigenvalue weighted by Gasteiger charge is 2.21. The summed E-state index contributed by atoms with van der Waals surface area (Å²) in [6, 6.07) is 11.0. The van der Waals surface area contributed by atoms with E-state index in [9.17, 15) is 18.4 Å². The van der Waals surface area contributed by atoms with Gasteiger partial charge in [-0.3, -0.25) is 9.59 Å². The van der Waals surface area contributed by atoms with E-state index in [-0.39, 0.29) is 37.0 Å². The monoisotopic (exact) mass is 397 g/mol. The Bertz CT molecular complexity index is 775. The summed E-state index contributed by atoms with van der Waals surface area (Å²) in [4.78, 5) is 23.6. The van der Waals surface area contributed by atoms with Gasteiger partial charge in [-0.1, -0.05) is 36.4 Å². The van der Waals surface area contributed by atoms with Crippen LogP contribution >= 0.6 is 12.4 Å². The second kappa shape index (κ2) is 10.6. The molecule has 146 valence electrons. The largest absolute Gasteiger partial charge is 0.354 e. The van der Waals surface area contributed by atoms with Crippen molar-refractivity contribution >= 4 is 24.2 Å². The van der Waals surface area contributed by atoms with Gasteiger partial charge in [0.2, 0.25) is 11.8 Å². The lowest BCUT2D eigenvalue weighted by molar-refractivity contribution is -0.122. The number of hydrogen-bond donors (Lipinski definition) is 3. The topological polar surface area (TPSA) is 84.2 Å². The molecule has 2 amide bonds. The van der Waals surface area contributed by atoms with Crippen molar-refractivity contribution in [3.05, 3.63) is 71.3 Å². The molecule has 27 heavy (non-hydrogen) atoms. The number of amides is 2. The average molecular weight is 398 g/mol. The van der Waals surface area contributed by atoms with Crippen molar-refractivity contribution in [1.29, 1.82) is 0 Å². The minimum absolute atomic E-state index is 0. The predicted molar refractivity (Wildman–Crippen MR) is 101 cm³/mol. The van der Waals surface area contributed by atoms with E-state index in [0.717, 1.165) is 11.6 Å². The Balaban J connectivity index is 0.00000364. The van der Waals surface area contributed by atoms with Crippen LogP contribution in [-0.4, -0.2) is 18.4 Å². The van der Waals surface area contributed by atoms with Crippen LogP contribution in [0, 0.1) is 11.6 Å². The molecule has 0 saturated heterocycles. The second-order valence-corrected chi connectivity index (χ2v) is 5.94. The van der Waals surface area contributed by atoms with Crippen LogP contribution in [0.4, 0.5) is 8.78 Å². The standard InChI is InChI=1S/C19H21F2N3O2.ClH/c1-12(25)24-18(15-8-7-14(20)9-16(15)21)10-19(26)23-11-17(22)13-5-3-2-4-6-13;/h2-9,17-18H,10-11,22H2,1H3,(H,23,26)(H,24,25);1H.